The van der Waals surface area contributed by atoms with Gasteiger partial charge in [0.25, 0.3) is 21.6 Å². The van der Waals surface area contributed by atoms with Gasteiger partial charge in [-0.1, -0.05) is 28.1 Å². The lowest BCUT2D eigenvalue weighted by molar-refractivity contribution is -0.385. The number of carbonyl (C=O) groups is 1. The lowest BCUT2D eigenvalue weighted by atomic mass is 10.1. The van der Waals surface area contributed by atoms with Crippen LogP contribution in [0, 0.1) is 10.1 Å². The Morgan fingerprint density at radius 2 is 1.67 bits per heavy atom. The number of hydrogen-bond acceptors (Lipinski definition) is 6. The van der Waals surface area contributed by atoms with Gasteiger partial charge in [0.15, 0.2) is 0 Å². The molecule has 0 aliphatic carbocycles. The smallest absolute Gasteiger partial charge is 0.276 e. The summed E-state index contributed by atoms with van der Waals surface area (Å²) in [6.45, 7) is 0. The number of sulfonamides is 1. The predicted octanol–water partition coefficient (Wildman–Crippen LogP) is 4.59. The highest BCUT2D eigenvalue weighted by atomic mass is 79.9. The fourth-order valence-corrected chi connectivity index (χ4v) is 3.99. The third-order valence-electron chi connectivity index (χ3n) is 4.26. The molecule has 168 valence electrons. The maximum absolute atomic E-state index is 12.4. The molecule has 3 aromatic rings. The second-order valence-corrected chi connectivity index (χ2v) is 9.13. The molecule has 0 saturated carbocycles. The molecule has 0 radical (unpaired) electrons. The molecule has 0 bridgehead atoms. The van der Waals surface area contributed by atoms with Gasteiger partial charge in [0, 0.05) is 28.0 Å². The van der Waals surface area contributed by atoms with Crippen LogP contribution >= 0.6 is 15.9 Å². The average molecular weight is 529 g/mol. The van der Waals surface area contributed by atoms with Crippen LogP contribution < -0.4 is 10.1 Å². The van der Waals surface area contributed by atoms with Crippen molar-refractivity contribution in [1.29, 1.82) is 0 Å². The zero-order valence-corrected chi connectivity index (χ0v) is 19.3. The number of carbonyl (C=O) groups excluding carboxylic acids is 1. The highest BCUT2D eigenvalue weighted by Crippen LogP contribution is 2.20. The molecule has 0 aliphatic heterocycles. The van der Waals surface area contributed by atoms with E-state index in [9.17, 15) is 23.3 Å². The molecule has 3 rings (SSSR count). The number of hydrazone groups is 1. The molecule has 0 atom stereocenters. The minimum Gasteiger partial charge on any atom is -0.280 e. The topological polar surface area (TPSA) is 131 Å². The summed E-state index contributed by atoms with van der Waals surface area (Å²) in [7, 11) is -3.76. The van der Waals surface area contributed by atoms with Gasteiger partial charge in [0.05, 0.1) is 15.4 Å². The number of anilines is 1. The van der Waals surface area contributed by atoms with Crippen LogP contribution in [0.25, 0.3) is 6.08 Å². The molecular weight excluding hydrogens is 512 g/mol. The van der Waals surface area contributed by atoms with Gasteiger partial charge in [-0.3, -0.25) is 19.6 Å². The fourth-order valence-electron chi connectivity index (χ4n) is 2.66. The zero-order chi connectivity index (χ0) is 23.8. The number of halogens is 1. The Hall–Kier alpha value is -3.83. The van der Waals surface area contributed by atoms with Crippen molar-refractivity contribution in [3.8, 4) is 0 Å². The monoisotopic (exact) mass is 528 g/mol. The van der Waals surface area contributed by atoms with E-state index in [0.717, 1.165) is 4.47 Å². The first-order chi connectivity index (χ1) is 15.8. The van der Waals surface area contributed by atoms with Crippen LogP contribution in [0.3, 0.4) is 0 Å². The number of benzene rings is 3. The van der Waals surface area contributed by atoms with Crippen LogP contribution in [-0.2, 0) is 10.0 Å². The van der Waals surface area contributed by atoms with Crippen LogP contribution in [0.2, 0.25) is 0 Å². The van der Waals surface area contributed by atoms with Gasteiger partial charge in [0.1, 0.15) is 0 Å². The van der Waals surface area contributed by atoms with Crippen LogP contribution in [0.15, 0.2) is 93.3 Å². The van der Waals surface area contributed by atoms with E-state index in [4.69, 9.17) is 0 Å². The molecule has 2 N–H and O–H groups in total. The van der Waals surface area contributed by atoms with Crippen molar-refractivity contribution < 1.29 is 18.1 Å². The van der Waals surface area contributed by atoms with Gasteiger partial charge in [-0.05, 0) is 66.7 Å². The first-order valence-electron chi connectivity index (χ1n) is 9.38. The van der Waals surface area contributed by atoms with Crippen molar-refractivity contribution in [3.63, 3.8) is 0 Å². The molecule has 0 aliphatic rings. The number of amides is 1. The van der Waals surface area contributed by atoms with Crippen molar-refractivity contribution in [2.75, 3.05) is 4.72 Å². The number of allylic oxidation sites excluding steroid dienone is 1. The molecule has 33 heavy (non-hydrogen) atoms. The normalized spacial score (nSPS) is 11.5. The molecular formula is C22H17BrN4O5S. The SMILES string of the molecule is O=C(N/N=C\C=C\c1ccccc1[N+](=O)[O-])c1ccc(NS(=O)(=O)c2ccc(Br)cc2)cc1. The molecule has 0 fully saturated rings. The quantitative estimate of drug-likeness (QED) is 0.251. The molecule has 0 unspecified atom stereocenters. The minimum absolute atomic E-state index is 0.0398. The second kappa shape index (κ2) is 10.7. The summed E-state index contributed by atoms with van der Waals surface area (Å²) in [5.41, 5.74) is 3.25. The van der Waals surface area contributed by atoms with Crippen LogP contribution in [0.5, 0.6) is 0 Å². The number of para-hydroxylation sites is 1. The third kappa shape index (κ3) is 6.57. The Balaban J connectivity index is 1.58. The van der Waals surface area contributed by atoms with Gasteiger partial charge in [0.2, 0.25) is 0 Å². The van der Waals surface area contributed by atoms with Gasteiger partial charge in [-0.15, -0.1) is 0 Å². The van der Waals surface area contributed by atoms with Crippen molar-refractivity contribution in [2.45, 2.75) is 4.90 Å². The largest absolute Gasteiger partial charge is 0.280 e. The van der Waals surface area contributed by atoms with Crippen LogP contribution in [-0.4, -0.2) is 25.5 Å². The van der Waals surface area contributed by atoms with Gasteiger partial charge < -0.3 is 0 Å². The Morgan fingerprint density at radius 1 is 1.00 bits per heavy atom. The molecule has 0 saturated heterocycles. The lowest BCUT2D eigenvalue weighted by Gasteiger charge is -2.08. The molecule has 9 nitrogen and oxygen atoms in total. The molecule has 11 heteroatoms. The summed E-state index contributed by atoms with van der Waals surface area (Å²) < 4.78 is 28.1. The van der Waals surface area contributed by atoms with E-state index < -0.39 is 20.9 Å². The van der Waals surface area contributed by atoms with Gasteiger partial charge >= 0.3 is 0 Å². The first-order valence-corrected chi connectivity index (χ1v) is 11.7. The summed E-state index contributed by atoms with van der Waals surface area (Å²) >= 11 is 3.25. The number of nitro benzene ring substituents is 1. The summed E-state index contributed by atoms with van der Waals surface area (Å²) in [6.07, 6.45) is 4.25. The Morgan fingerprint density at radius 3 is 2.33 bits per heavy atom. The number of nitrogens with one attached hydrogen (secondary N) is 2. The van der Waals surface area contributed by atoms with Crippen molar-refractivity contribution in [1.82, 2.24) is 5.43 Å². The molecule has 0 spiro atoms. The summed E-state index contributed by atoms with van der Waals surface area (Å²) in [6, 6.07) is 18.2. The number of nitro groups is 1. The second-order valence-electron chi connectivity index (χ2n) is 6.53. The highest BCUT2D eigenvalue weighted by Gasteiger charge is 2.14. The Bertz CT molecular complexity index is 1320. The summed E-state index contributed by atoms with van der Waals surface area (Å²) in [5.74, 6) is -0.507. The summed E-state index contributed by atoms with van der Waals surface area (Å²) in [5, 5.41) is 14.8. The number of nitrogens with zero attached hydrogens (tertiary/aromatic N) is 2. The standard InChI is InChI=1S/C22H17BrN4O5S/c23-18-9-13-20(14-10-18)33(31,32)26-19-11-7-17(8-12-19)22(28)25-24-15-3-5-16-4-1-2-6-21(16)27(29)30/h1-15,26H,(H,25,28)/b5-3+,24-15-. The number of rotatable bonds is 8. The zero-order valence-electron chi connectivity index (χ0n) is 16.9. The highest BCUT2D eigenvalue weighted by molar-refractivity contribution is 9.10. The Labute approximate surface area is 198 Å². The van der Waals surface area contributed by atoms with E-state index >= 15 is 0 Å². The predicted molar refractivity (Wildman–Crippen MR) is 129 cm³/mol. The van der Waals surface area contributed by atoms with E-state index in [1.165, 1.54) is 60.8 Å². The van der Waals surface area contributed by atoms with Crippen LogP contribution in [0.4, 0.5) is 11.4 Å². The fraction of sp³-hybridized carbons (Fsp3) is 0. The lowest BCUT2D eigenvalue weighted by Crippen LogP contribution is -2.17. The Kier molecular flexibility index (Phi) is 7.70. The van der Waals surface area contributed by atoms with Crippen molar-refractivity contribution in [2.24, 2.45) is 5.10 Å². The van der Waals surface area contributed by atoms with E-state index in [2.05, 4.69) is 31.2 Å². The average Bonchev–Trinajstić information content (AvgIpc) is 2.79. The van der Waals surface area contributed by atoms with E-state index in [1.807, 2.05) is 0 Å². The molecule has 0 heterocycles. The molecule has 3 aromatic carbocycles. The first kappa shape index (κ1) is 23.8. The maximum Gasteiger partial charge on any atom is 0.276 e. The van der Waals surface area contributed by atoms with Crippen LogP contribution in [0.1, 0.15) is 15.9 Å². The van der Waals surface area contributed by atoms with E-state index in [0.29, 0.717) is 11.3 Å². The van der Waals surface area contributed by atoms with Crippen molar-refractivity contribution in [3.05, 3.63) is 105 Å². The summed E-state index contributed by atoms with van der Waals surface area (Å²) in [4.78, 5) is 22.8. The minimum atomic E-state index is -3.76. The molecule has 1 amide bonds. The molecule has 0 aromatic heterocycles. The van der Waals surface area contributed by atoms with Crippen molar-refractivity contribution >= 4 is 55.5 Å². The third-order valence-corrected chi connectivity index (χ3v) is 6.19. The van der Waals surface area contributed by atoms with Gasteiger partial charge in [-0.2, -0.15) is 5.10 Å². The van der Waals surface area contributed by atoms with Gasteiger partial charge in [-0.25, -0.2) is 13.8 Å². The number of hydrogen-bond donors (Lipinski definition) is 2. The van der Waals surface area contributed by atoms with E-state index in [1.54, 1.807) is 30.3 Å². The van der Waals surface area contributed by atoms with E-state index in [-0.39, 0.29) is 16.1 Å². The maximum atomic E-state index is 12.4.